The molecular weight excluding hydrogens is 458 g/mol. The molecule has 1 heterocycles. The minimum atomic E-state index is -0.216. The van der Waals surface area contributed by atoms with Gasteiger partial charge < -0.3 is 9.47 Å². The van der Waals surface area contributed by atoms with Gasteiger partial charge in [-0.3, -0.25) is 9.69 Å². The van der Waals surface area contributed by atoms with Crippen LogP contribution in [0.4, 0.5) is 0 Å². The number of esters is 1. The van der Waals surface area contributed by atoms with Crippen molar-refractivity contribution in [2.75, 3.05) is 20.6 Å². The van der Waals surface area contributed by atoms with Gasteiger partial charge in [-0.1, -0.05) is 72.6 Å². The molecule has 0 aliphatic carbocycles. The third-order valence-electron chi connectivity index (χ3n) is 8.50. The number of carbonyl (C=O) groups excluding carboxylic acids is 1. The van der Waals surface area contributed by atoms with Crippen LogP contribution in [0.5, 0.6) is 11.5 Å². The number of hydrogen-bond donors (Lipinski definition) is 0. The molecular formula is C33H57NO3. The Hall–Kier alpha value is -1.55. The van der Waals surface area contributed by atoms with Crippen LogP contribution in [-0.4, -0.2) is 37.1 Å². The summed E-state index contributed by atoms with van der Waals surface area (Å²) in [6.07, 6.45) is 13.8. The van der Waals surface area contributed by atoms with Crippen molar-refractivity contribution in [3.63, 3.8) is 0 Å². The molecule has 1 aromatic rings. The zero-order valence-corrected chi connectivity index (χ0v) is 25.9. The molecule has 0 bridgehead atoms. The lowest BCUT2D eigenvalue weighted by Crippen LogP contribution is -2.37. The summed E-state index contributed by atoms with van der Waals surface area (Å²) in [5.74, 6) is 4.02. The second kappa shape index (κ2) is 14.6. The fourth-order valence-corrected chi connectivity index (χ4v) is 5.82. The molecule has 3 unspecified atom stereocenters. The number of likely N-dealkylation sites (N-methyl/N-ethyl adjacent to an activating group) is 1. The van der Waals surface area contributed by atoms with E-state index in [0.717, 1.165) is 65.2 Å². The van der Waals surface area contributed by atoms with E-state index in [1.165, 1.54) is 56.9 Å². The van der Waals surface area contributed by atoms with Crippen LogP contribution in [0, 0.1) is 38.5 Å². The first-order valence-corrected chi connectivity index (χ1v) is 15.0. The van der Waals surface area contributed by atoms with Crippen LogP contribution in [-0.2, 0) is 11.2 Å². The topological polar surface area (TPSA) is 38.8 Å². The fraction of sp³-hybridized carbons (Fsp3) is 0.788. The Kier molecular flexibility index (Phi) is 12.5. The molecule has 0 N–H and O–H groups in total. The standard InChI is InChI=1S/C33H57NO3/c1-23(2)14-11-15-24(3)16-12-17-25(4)18-13-20-33(8)21-19-29-28(7)31(36-30(35)22-34(9)10)26(5)27(6)32(29)37-33/h23-25H,11-22H2,1-10H3. The number of ether oxygens (including phenoxy) is 2. The van der Waals surface area contributed by atoms with Crippen LogP contribution < -0.4 is 9.47 Å². The van der Waals surface area contributed by atoms with E-state index in [1.807, 2.05) is 25.9 Å². The van der Waals surface area contributed by atoms with Gasteiger partial charge in [0.05, 0.1) is 6.54 Å². The SMILES string of the molecule is Cc1c(C)c2c(c(C)c1OC(=O)CN(C)C)CCC(C)(CCCC(C)CCCC(C)CCCC(C)C)O2. The van der Waals surface area contributed by atoms with Crippen LogP contribution in [0.15, 0.2) is 0 Å². The molecule has 0 radical (unpaired) electrons. The predicted molar refractivity (Wildman–Crippen MR) is 157 cm³/mol. The van der Waals surface area contributed by atoms with Gasteiger partial charge in [0, 0.05) is 5.56 Å². The molecule has 0 fully saturated rings. The van der Waals surface area contributed by atoms with Crippen molar-refractivity contribution in [1.29, 1.82) is 0 Å². The third-order valence-corrected chi connectivity index (χ3v) is 8.50. The van der Waals surface area contributed by atoms with Crippen molar-refractivity contribution in [2.24, 2.45) is 17.8 Å². The average Bonchev–Trinajstić information content (AvgIpc) is 2.79. The lowest BCUT2D eigenvalue weighted by Gasteiger charge is -2.38. The van der Waals surface area contributed by atoms with Crippen LogP contribution in [0.2, 0.25) is 0 Å². The van der Waals surface area contributed by atoms with Crippen molar-refractivity contribution >= 4 is 5.97 Å². The van der Waals surface area contributed by atoms with E-state index in [4.69, 9.17) is 9.47 Å². The lowest BCUT2D eigenvalue weighted by molar-refractivity contribution is -0.135. The van der Waals surface area contributed by atoms with Gasteiger partial charge in [-0.2, -0.15) is 0 Å². The maximum Gasteiger partial charge on any atom is 0.325 e. The number of hydrogen-bond acceptors (Lipinski definition) is 4. The molecule has 1 aliphatic heterocycles. The number of fused-ring (bicyclic) bond motifs is 1. The highest BCUT2D eigenvalue weighted by atomic mass is 16.5. The Morgan fingerprint density at radius 2 is 1.46 bits per heavy atom. The molecule has 3 atom stereocenters. The van der Waals surface area contributed by atoms with Gasteiger partial charge in [0.15, 0.2) is 0 Å². The Morgan fingerprint density at radius 1 is 0.892 bits per heavy atom. The minimum absolute atomic E-state index is 0.121. The molecule has 4 nitrogen and oxygen atoms in total. The summed E-state index contributed by atoms with van der Waals surface area (Å²) in [5, 5.41) is 0. The number of rotatable bonds is 15. The second-order valence-corrected chi connectivity index (χ2v) is 13.1. The summed E-state index contributed by atoms with van der Waals surface area (Å²) in [5.41, 5.74) is 4.27. The third kappa shape index (κ3) is 9.93. The first kappa shape index (κ1) is 31.7. The molecule has 0 saturated carbocycles. The first-order valence-electron chi connectivity index (χ1n) is 15.0. The number of nitrogens with zero attached hydrogens (tertiary/aromatic N) is 1. The molecule has 2 rings (SSSR count). The molecule has 1 aromatic carbocycles. The summed E-state index contributed by atoms with van der Waals surface area (Å²) >= 11 is 0. The van der Waals surface area contributed by atoms with Gasteiger partial charge in [-0.15, -0.1) is 0 Å². The van der Waals surface area contributed by atoms with E-state index in [9.17, 15) is 4.79 Å². The van der Waals surface area contributed by atoms with Gasteiger partial charge in [0.25, 0.3) is 0 Å². The normalized spacial score (nSPS) is 19.0. The lowest BCUT2D eigenvalue weighted by atomic mass is 9.83. The van der Waals surface area contributed by atoms with Crippen molar-refractivity contribution in [3.05, 3.63) is 22.3 Å². The first-order chi connectivity index (χ1) is 17.3. The highest BCUT2D eigenvalue weighted by Gasteiger charge is 2.34. The van der Waals surface area contributed by atoms with Crippen molar-refractivity contribution in [1.82, 2.24) is 4.90 Å². The average molecular weight is 516 g/mol. The van der Waals surface area contributed by atoms with E-state index < -0.39 is 0 Å². The summed E-state index contributed by atoms with van der Waals surface area (Å²) in [6.45, 7) is 18.3. The van der Waals surface area contributed by atoms with Crippen LogP contribution in [0.1, 0.15) is 121 Å². The quantitative estimate of drug-likeness (QED) is 0.173. The second-order valence-electron chi connectivity index (χ2n) is 13.1. The maximum absolute atomic E-state index is 12.4. The van der Waals surface area contributed by atoms with E-state index in [-0.39, 0.29) is 18.1 Å². The van der Waals surface area contributed by atoms with Gasteiger partial charge in [-0.25, -0.2) is 0 Å². The van der Waals surface area contributed by atoms with Crippen LogP contribution >= 0.6 is 0 Å². The predicted octanol–water partition coefficient (Wildman–Crippen LogP) is 8.60. The highest BCUT2D eigenvalue weighted by molar-refractivity contribution is 5.76. The van der Waals surface area contributed by atoms with Crippen LogP contribution in [0.3, 0.4) is 0 Å². The highest BCUT2D eigenvalue weighted by Crippen LogP contribution is 2.45. The van der Waals surface area contributed by atoms with Crippen molar-refractivity contribution in [3.8, 4) is 11.5 Å². The molecule has 0 aromatic heterocycles. The van der Waals surface area contributed by atoms with Gasteiger partial charge in [-0.05, 0) is 102 Å². The van der Waals surface area contributed by atoms with E-state index >= 15 is 0 Å². The largest absolute Gasteiger partial charge is 0.487 e. The monoisotopic (exact) mass is 515 g/mol. The molecule has 1 aliphatic rings. The van der Waals surface area contributed by atoms with Gasteiger partial charge in [0.1, 0.15) is 17.1 Å². The molecule has 4 heteroatoms. The summed E-state index contributed by atoms with van der Waals surface area (Å²) in [4.78, 5) is 14.2. The van der Waals surface area contributed by atoms with Crippen molar-refractivity contribution in [2.45, 2.75) is 132 Å². The molecule has 0 spiro atoms. The van der Waals surface area contributed by atoms with E-state index in [2.05, 4.69) is 48.5 Å². The van der Waals surface area contributed by atoms with Gasteiger partial charge >= 0.3 is 5.97 Å². The Morgan fingerprint density at radius 3 is 2.03 bits per heavy atom. The Bertz CT molecular complexity index is 875. The van der Waals surface area contributed by atoms with Gasteiger partial charge in [0.2, 0.25) is 0 Å². The summed E-state index contributed by atoms with van der Waals surface area (Å²) < 4.78 is 12.6. The summed E-state index contributed by atoms with van der Waals surface area (Å²) in [6, 6.07) is 0. The minimum Gasteiger partial charge on any atom is -0.487 e. The molecule has 0 amide bonds. The van der Waals surface area contributed by atoms with Crippen molar-refractivity contribution < 1.29 is 14.3 Å². The number of benzene rings is 1. The fourth-order valence-electron chi connectivity index (χ4n) is 5.82. The van der Waals surface area contributed by atoms with E-state index in [0.29, 0.717) is 0 Å². The van der Waals surface area contributed by atoms with E-state index in [1.54, 1.807) is 0 Å². The summed E-state index contributed by atoms with van der Waals surface area (Å²) in [7, 11) is 3.76. The number of carbonyl (C=O) groups is 1. The zero-order chi connectivity index (χ0) is 27.8. The van der Waals surface area contributed by atoms with Crippen LogP contribution in [0.25, 0.3) is 0 Å². The smallest absolute Gasteiger partial charge is 0.325 e. The Labute approximate surface area is 228 Å². The molecule has 212 valence electrons. The maximum atomic E-state index is 12.4. The zero-order valence-electron chi connectivity index (χ0n) is 25.9. The molecule has 37 heavy (non-hydrogen) atoms. The molecule has 0 saturated heterocycles. The Balaban J connectivity index is 1.86.